The van der Waals surface area contributed by atoms with E-state index in [4.69, 9.17) is 32.7 Å². The third-order valence-corrected chi connectivity index (χ3v) is 7.61. The number of carbonyl (C=O) groups excluding carboxylic acids is 2. The number of carbonyl (C=O) groups is 2. The first-order valence-electron chi connectivity index (χ1n) is 12.6. The number of hydrogen-bond acceptors (Lipinski definition) is 4. The van der Waals surface area contributed by atoms with Gasteiger partial charge in [0.2, 0.25) is 0 Å². The van der Waals surface area contributed by atoms with Crippen LogP contribution in [0.1, 0.15) is 63.9 Å². The zero-order chi connectivity index (χ0) is 26.5. The van der Waals surface area contributed by atoms with Crippen LogP contribution in [0.2, 0.25) is 10.0 Å². The summed E-state index contributed by atoms with van der Waals surface area (Å²) in [5, 5.41) is 1.13. The molecular formula is C32H26Cl2O4. The van der Waals surface area contributed by atoms with E-state index in [1.807, 2.05) is 48.5 Å². The second-order valence-corrected chi connectivity index (χ2v) is 10.4. The van der Waals surface area contributed by atoms with Gasteiger partial charge in [0.15, 0.2) is 0 Å². The molecule has 5 rings (SSSR count). The first-order chi connectivity index (χ1) is 18.4. The number of esters is 2. The van der Waals surface area contributed by atoms with E-state index in [0.717, 1.165) is 25.7 Å². The van der Waals surface area contributed by atoms with Gasteiger partial charge < -0.3 is 9.47 Å². The molecule has 1 aliphatic rings. The third kappa shape index (κ3) is 5.77. The number of rotatable bonds is 6. The summed E-state index contributed by atoms with van der Waals surface area (Å²) in [6, 6.07) is 28.8. The fraction of sp³-hybridized carbons (Fsp3) is 0.188. The summed E-state index contributed by atoms with van der Waals surface area (Å²) < 4.78 is 11.2. The molecule has 0 heterocycles. The van der Waals surface area contributed by atoms with Crippen LogP contribution in [-0.2, 0) is 5.41 Å². The van der Waals surface area contributed by atoms with Gasteiger partial charge in [-0.15, -0.1) is 0 Å². The van der Waals surface area contributed by atoms with Crippen LogP contribution < -0.4 is 9.47 Å². The second kappa shape index (κ2) is 11.4. The van der Waals surface area contributed by atoms with Gasteiger partial charge in [-0.3, -0.25) is 0 Å². The van der Waals surface area contributed by atoms with Gasteiger partial charge >= 0.3 is 11.9 Å². The second-order valence-electron chi connectivity index (χ2n) is 9.48. The lowest BCUT2D eigenvalue weighted by molar-refractivity contribution is 0.0725. The summed E-state index contributed by atoms with van der Waals surface area (Å²) in [4.78, 5) is 25.0. The minimum Gasteiger partial charge on any atom is -0.423 e. The molecule has 6 heteroatoms. The van der Waals surface area contributed by atoms with Crippen LogP contribution in [0.15, 0.2) is 97.1 Å². The maximum Gasteiger partial charge on any atom is 0.343 e. The highest BCUT2D eigenvalue weighted by molar-refractivity contribution is 6.31. The maximum atomic E-state index is 12.5. The minimum atomic E-state index is -0.425. The molecule has 1 fully saturated rings. The lowest BCUT2D eigenvalue weighted by Gasteiger charge is -2.38. The molecule has 0 unspecified atom stereocenters. The van der Waals surface area contributed by atoms with Gasteiger partial charge in [0.25, 0.3) is 0 Å². The summed E-state index contributed by atoms with van der Waals surface area (Å²) in [5.41, 5.74) is 3.08. The van der Waals surface area contributed by atoms with Crippen molar-refractivity contribution in [3.8, 4) is 11.5 Å². The molecule has 1 saturated carbocycles. The lowest BCUT2D eigenvalue weighted by atomic mass is 9.65. The number of halogens is 2. The first kappa shape index (κ1) is 26.0. The Labute approximate surface area is 232 Å². The van der Waals surface area contributed by atoms with Crippen molar-refractivity contribution in [1.29, 1.82) is 0 Å². The fourth-order valence-electron chi connectivity index (χ4n) is 5.09. The molecule has 1 aliphatic carbocycles. The Bertz CT molecular complexity index is 1300. The highest BCUT2D eigenvalue weighted by atomic mass is 35.5. The fourth-order valence-corrected chi connectivity index (χ4v) is 5.34. The smallest absolute Gasteiger partial charge is 0.343 e. The van der Waals surface area contributed by atoms with Crippen molar-refractivity contribution in [1.82, 2.24) is 0 Å². The van der Waals surface area contributed by atoms with E-state index < -0.39 is 11.9 Å². The van der Waals surface area contributed by atoms with E-state index in [-0.39, 0.29) is 5.41 Å². The van der Waals surface area contributed by atoms with Crippen LogP contribution >= 0.6 is 23.2 Å². The first-order valence-corrected chi connectivity index (χ1v) is 13.4. The van der Waals surface area contributed by atoms with Crippen molar-refractivity contribution in [2.45, 2.75) is 37.5 Å². The topological polar surface area (TPSA) is 52.6 Å². The monoisotopic (exact) mass is 544 g/mol. The van der Waals surface area contributed by atoms with Crippen molar-refractivity contribution in [3.05, 3.63) is 129 Å². The van der Waals surface area contributed by atoms with E-state index >= 15 is 0 Å². The summed E-state index contributed by atoms with van der Waals surface area (Å²) in [7, 11) is 0. The molecule has 38 heavy (non-hydrogen) atoms. The predicted octanol–water partition coefficient (Wildman–Crippen LogP) is 8.68. The molecule has 0 amide bonds. The Morgan fingerprint density at radius 3 is 1.26 bits per heavy atom. The maximum absolute atomic E-state index is 12.5. The highest BCUT2D eigenvalue weighted by Crippen LogP contribution is 2.45. The molecule has 4 aromatic rings. The van der Waals surface area contributed by atoms with E-state index in [1.54, 1.807) is 48.5 Å². The number of benzene rings is 4. The minimum absolute atomic E-state index is 0.157. The molecule has 0 spiro atoms. The summed E-state index contributed by atoms with van der Waals surface area (Å²) in [6.45, 7) is 0. The van der Waals surface area contributed by atoms with E-state index in [0.29, 0.717) is 32.7 Å². The van der Waals surface area contributed by atoms with Crippen LogP contribution in [0.3, 0.4) is 0 Å². The van der Waals surface area contributed by atoms with Crippen molar-refractivity contribution in [2.24, 2.45) is 0 Å². The molecule has 0 aromatic heterocycles. The average Bonchev–Trinajstić information content (AvgIpc) is 2.95. The molecule has 0 N–H and O–H groups in total. The molecule has 192 valence electrons. The van der Waals surface area contributed by atoms with Crippen LogP contribution in [0.5, 0.6) is 11.5 Å². The Morgan fingerprint density at radius 1 is 0.526 bits per heavy atom. The Balaban J connectivity index is 1.33. The molecule has 0 saturated heterocycles. The van der Waals surface area contributed by atoms with Crippen LogP contribution in [0, 0.1) is 0 Å². The summed E-state index contributed by atoms with van der Waals surface area (Å²) >= 11 is 11.8. The van der Waals surface area contributed by atoms with Crippen LogP contribution in [0.25, 0.3) is 0 Å². The molecule has 0 radical (unpaired) electrons. The molecule has 0 bridgehead atoms. The van der Waals surface area contributed by atoms with Gasteiger partial charge in [-0.05, 0) is 96.8 Å². The molecule has 4 aromatic carbocycles. The van der Waals surface area contributed by atoms with E-state index in [1.165, 1.54) is 17.5 Å². The number of ether oxygens (including phenoxy) is 2. The number of hydrogen-bond donors (Lipinski definition) is 0. The Hall–Kier alpha value is -3.60. The molecular weight excluding hydrogens is 519 g/mol. The van der Waals surface area contributed by atoms with Crippen LogP contribution in [0.4, 0.5) is 0 Å². The quantitative estimate of drug-likeness (QED) is 0.180. The van der Waals surface area contributed by atoms with Gasteiger partial charge in [-0.2, -0.15) is 0 Å². The van der Waals surface area contributed by atoms with Crippen molar-refractivity contribution >= 4 is 35.1 Å². The zero-order valence-corrected chi connectivity index (χ0v) is 22.2. The van der Waals surface area contributed by atoms with Crippen LogP contribution in [-0.4, -0.2) is 11.9 Å². The standard InChI is InChI=1S/C32H26Cl2O4/c33-26-12-4-22(5-13-26)30(35)37-28-16-8-24(9-17-28)32(20-2-1-3-21-32)25-10-18-29(19-11-25)38-31(36)23-6-14-27(34)15-7-23/h4-19H,1-3,20-21H2. The van der Waals surface area contributed by atoms with Crippen molar-refractivity contribution in [3.63, 3.8) is 0 Å². The van der Waals surface area contributed by atoms with Gasteiger partial charge in [-0.25, -0.2) is 9.59 Å². The van der Waals surface area contributed by atoms with Crippen molar-refractivity contribution < 1.29 is 19.1 Å². The largest absolute Gasteiger partial charge is 0.423 e. The Morgan fingerprint density at radius 2 is 0.895 bits per heavy atom. The van der Waals surface area contributed by atoms with Gasteiger partial charge in [0, 0.05) is 15.5 Å². The average molecular weight is 545 g/mol. The summed E-state index contributed by atoms with van der Waals surface area (Å²) in [5.74, 6) is 0.129. The Kier molecular flexibility index (Phi) is 7.82. The lowest BCUT2D eigenvalue weighted by Crippen LogP contribution is -2.30. The van der Waals surface area contributed by atoms with Gasteiger partial charge in [-0.1, -0.05) is 66.7 Å². The third-order valence-electron chi connectivity index (χ3n) is 7.10. The van der Waals surface area contributed by atoms with E-state index in [9.17, 15) is 9.59 Å². The molecule has 0 atom stereocenters. The van der Waals surface area contributed by atoms with Crippen molar-refractivity contribution in [2.75, 3.05) is 0 Å². The van der Waals surface area contributed by atoms with Gasteiger partial charge in [0.05, 0.1) is 11.1 Å². The highest BCUT2D eigenvalue weighted by Gasteiger charge is 2.35. The zero-order valence-electron chi connectivity index (χ0n) is 20.7. The predicted molar refractivity (Wildman–Crippen MR) is 150 cm³/mol. The molecule has 0 aliphatic heterocycles. The SMILES string of the molecule is O=C(Oc1ccc(C2(c3ccc(OC(=O)c4ccc(Cl)cc4)cc3)CCCCC2)cc1)c1ccc(Cl)cc1. The van der Waals surface area contributed by atoms with Gasteiger partial charge in [0.1, 0.15) is 11.5 Å². The summed E-state index contributed by atoms with van der Waals surface area (Å²) in [6.07, 6.45) is 5.48. The van der Waals surface area contributed by atoms with E-state index in [2.05, 4.69) is 0 Å². The molecule has 4 nitrogen and oxygen atoms in total. The normalized spacial score (nSPS) is 14.5.